The molecule has 1 atom stereocenters. The molecule has 0 aliphatic heterocycles. The number of nitrogens with zero attached hydrogens (tertiary/aromatic N) is 1. The Hall–Kier alpha value is -2.67. The molecule has 130 valence electrons. The largest absolute Gasteiger partial charge is 0.478 e. The van der Waals surface area contributed by atoms with Crippen molar-refractivity contribution in [2.75, 3.05) is 0 Å². The van der Waals surface area contributed by atoms with E-state index >= 15 is 0 Å². The van der Waals surface area contributed by atoms with Crippen LogP contribution in [0.2, 0.25) is 0 Å². The van der Waals surface area contributed by atoms with E-state index in [1.165, 1.54) is 11.8 Å². The Morgan fingerprint density at radius 3 is 2.29 bits per heavy atom. The zero-order valence-electron chi connectivity index (χ0n) is 13.6. The number of carbonyl (C=O) groups is 2. The number of hydrogen-bond donors (Lipinski definition) is 3. The van der Waals surface area contributed by atoms with Gasteiger partial charge in [-0.15, -0.1) is 0 Å². The Balaban J connectivity index is 0.000000307. The van der Waals surface area contributed by atoms with Crippen molar-refractivity contribution in [3.05, 3.63) is 47.9 Å². The molecule has 6 nitrogen and oxygen atoms in total. The first kappa shape index (κ1) is 19.4. The van der Waals surface area contributed by atoms with Crippen molar-refractivity contribution in [2.45, 2.75) is 32.9 Å². The number of fused-ring (bicyclic) bond motifs is 1. The molecular weight excluding hydrogens is 315 g/mol. The molecule has 0 saturated carbocycles. The van der Waals surface area contributed by atoms with Gasteiger partial charge in [0.05, 0.1) is 0 Å². The molecule has 0 amide bonds. The topological polar surface area (TPSA) is 106 Å². The third-order valence-electron chi connectivity index (χ3n) is 3.15. The van der Waals surface area contributed by atoms with Crippen LogP contribution in [0, 0.1) is 5.82 Å². The van der Waals surface area contributed by atoms with Crippen molar-refractivity contribution >= 4 is 22.8 Å². The highest BCUT2D eigenvalue weighted by molar-refractivity contribution is 5.89. The van der Waals surface area contributed by atoms with Gasteiger partial charge in [-0.1, -0.05) is 6.92 Å². The first-order valence-corrected chi connectivity index (χ1v) is 7.41. The number of carboxylic acids is 2. The number of hydrogen-bond acceptors (Lipinski definition) is 3. The highest BCUT2D eigenvalue weighted by Gasteiger charge is 2.09. The molecule has 0 bridgehead atoms. The lowest BCUT2D eigenvalue weighted by Crippen LogP contribution is -2.22. The number of aryl methyl sites for hydroxylation is 1. The van der Waals surface area contributed by atoms with Crippen molar-refractivity contribution in [1.82, 2.24) is 4.57 Å². The summed E-state index contributed by atoms with van der Waals surface area (Å²) in [6.45, 7) is 4.86. The van der Waals surface area contributed by atoms with Crippen molar-refractivity contribution < 1.29 is 24.2 Å². The molecule has 1 aromatic carbocycles. The molecule has 2 rings (SSSR count). The smallest absolute Gasteiger partial charge is 0.328 e. The molecule has 1 aromatic heterocycles. The van der Waals surface area contributed by atoms with Gasteiger partial charge in [-0.05, 0) is 37.6 Å². The zero-order valence-corrected chi connectivity index (χ0v) is 13.6. The number of rotatable bonds is 5. The monoisotopic (exact) mass is 336 g/mol. The Morgan fingerprint density at radius 2 is 1.83 bits per heavy atom. The minimum Gasteiger partial charge on any atom is -0.478 e. The Labute approximate surface area is 139 Å². The predicted octanol–water partition coefficient (Wildman–Crippen LogP) is 2.40. The Morgan fingerprint density at radius 1 is 1.25 bits per heavy atom. The Bertz CT molecular complexity index is 734. The maximum Gasteiger partial charge on any atom is 0.328 e. The van der Waals surface area contributed by atoms with Gasteiger partial charge >= 0.3 is 11.9 Å². The molecule has 0 aliphatic rings. The van der Waals surface area contributed by atoms with Gasteiger partial charge in [0, 0.05) is 41.3 Å². The van der Waals surface area contributed by atoms with Crippen LogP contribution in [-0.4, -0.2) is 32.8 Å². The standard InChI is InChI=1S/C13H17FN2.C4H4O4/c1-3-12-7-10-6-11(14)4-5-13(10)16(12)8-9(2)15;5-3(6)1-2-4(7)8/h4-7,9H,3,8,15H2,1-2H3;1-2H,(H,5,6)(H,7,8)/b;2-1+/t9-;/m0./s1. The van der Waals surface area contributed by atoms with E-state index < -0.39 is 11.9 Å². The number of nitrogens with two attached hydrogens (primary N) is 1. The van der Waals surface area contributed by atoms with Crippen molar-refractivity contribution in [3.8, 4) is 0 Å². The highest BCUT2D eigenvalue weighted by Crippen LogP contribution is 2.21. The van der Waals surface area contributed by atoms with E-state index in [0.717, 1.165) is 23.9 Å². The summed E-state index contributed by atoms with van der Waals surface area (Å²) in [6, 6.07) is 7.05. The maximum atomic E-state index is 13.1. The zero-order chi connectivity index (χ0) is 18.3. The molecular formula is C17H21FN2O4. The van der Waals surface area contributed by atoms with Crippen LogP contribution in [0.5, 0.6) is 0 Å². The molecule has 0 unspecified atom stereocenters. The van der Waals surface area contributed by atoms with Crippen molar-refractivity contribution in [3.63, 3.8) is 0 Å². The minimum absolute atomic E-state index is 0.103. The molecule has 1 heterocycles. The molecule has 2 aromatic rings. The second-order valence-corrected chi connectivity index (χ2v) is 5.29. The summed E-state index contributed by atoms with van der Waals surface area (Å²) < 4.78 is 15.3. The number of aliphatic carboxylic acids is 2. The SMILES string of the molecule is CCc1cc2cc(F)ccc2n1C[C@H](C)N.O=C(O)/C=C/C(=O)O. The van der Waals surface area contributed by atoms with Gasteiger partial charge in [0.1, 0.15) is 5.82 Å². The second-order valence-electron chi connectivity index (χ2n) is 5.29. The number of carboxylic acid groups (broad SMARTS) is 2. The number of benzene rings is 1. The quantitative estimate of drug-likeness (QED) is 0.727. The minimum atomic E-state index is -1.26. The fraction of sp³-hybridized carbons (Fsp3) is 0.294. The van der Waals surface area contributed by atoms with E-state index in [2.05, 4.69) is 11.5 Å². The number of aromatic nitrogens is 1. The molecule has 0 aliphatic carbocycles. The van der Waals surface area contributed by atoms with Gasteiger partial charge in [-0.3, -0.25) is 0 Å². The van der Waals surface area contributed by atoms with E-state index in [9.17, 15) is 14.0 Å². The highest BCUT2D eigenvalue weighted by atomic mass is 19.1. The molecule has 0 spiro atoms. The summed E-state index contributed by atoms with van der Waals surface area (Å²) in [7, 11) is 0. The van der Waals surface area contributed by atoms with Crippen LogP contribution in [0.3, 0.4) is 0 Å². The molecule has 0 fully saturated rings. The summed E-state index contributed by atoms with van der Waals surface area (Å²) in [5.41, 5.74) is 8.10. The van der Waals surface area contributed by atoms with Crippen LogP contribution in [0.4, 0.5) is 4.39 Å². The van der Waals surface area contributed by atoms with E-state index in [0.29, 0.717) is 12.2 Å². The average molecular weight is 336 g/mol. The summed E-state index contributed by atoms with van der Waals surface area (Å²) in [5.74, 6) is -2.70. The summed E-state index contributed by atoms with van der Waals surface area (Å²) in [5, 5.41) is 16.6. The normalized spacial score (nSPS) is 12.0. The van der Waals surface area contributed by atoms with Gasteiger partial charge in [0.25, 0.3) is 0 Å². The molecule has 24 heavy (non-hydrogen) atoms. The summed E-state index contributed by atoms with van der Waals surface area (Å²) >= 11 is 0. The number of halogens is 1. The van der Waals surface area contributed by atoms with Gasteiger partial charge < -0.3 is 20.5 Å². The lowest BCUT2D eigenvalue weighted by molar-refractivity contribution is -0.134. The van der Waals surface area contributed by atoms with Crippen molar-refractivity contribution in [1.29, 1.82) is 0 Å². The average Bonchev–Trinajstić information content (AvgIpc) is 2.82. The van der Waals surface area contributed by atoms with Crippen LogP contribution in [0.25, 0.3) is 10.9 Å². The van der Waals surface area contributed by atoms with Crippen LogP contribution in [0.1, 0.15) is 19.5 Å². The van der Waals surface area contributed by atoms with E-state index in [1.54, 1.807) is 6.07 Å². The third-order valence-corrected chi connectivity index (χ3v) is 3.15. The van der Waals surface area contributed by atoms with E-state index in [4.69, 9.17) is 15.9 Å². The second kappa shape index (κ2) is 8.83. The maximum absolute atomic E-state index is 13.1. The van der Waals surface area contributed by atoms with Crippen LogP contribution < -0.4 is 5.73 Å². The third kappa shape index (κ3) is 5.85. The summed E-state index contributed by atoms with van der Waals surface area (Å²) in [6.07, 6.45) is 2.05. The van der Waals surface area contributed by atoms with Crippen LogP contribution in [0.15, 0.2) is 36.4 Å². The molecule has 7 heteroatoms. The molecule has 0 saturated heterocycles. The fourth-order valence-corrected chi connectivity index (χ4v) is 2.24. The van der Waals surface area contributed by atoms with Gasteiger partial charge in [-0.2, -0.15) is 0 Å². The van der Waals surface area contributed by atoms with Crippen LogP contribution in [-0.2, 0) is 22.6 Å². The van der Waals surface area contributed by atoms with Crippen molar-refractivity contribution in [2.24, 2.45) is 5.73 Å². The first-order chi connectivity index (χ1) is 11.2. The van der Waals surface area contributed by atoms with E-state index in [-0.39, 0.29) is 11.9 Å². The van der Waals surface area contributed by atoms with Gasteiger partial charge in [0.15, 0.2) is 0 Å². The fourth-order valence-electron chi connectivity index (χ4n) is 2.24. The van der Waals surface area contributed by atoms with E-state index in [1.807, 2.05) is 19.1 Å². The van der Waals surface area contributed by atoms with Gasteiger partial charge in [-0.25, -0.2) is 14.0 Å². The first-order valence-electron chi connectivity index (χ1n) is 7.41. The van der Waals surface area contributed by atoms with Crippen LogP contribution >= 0.6 is 0 Å². The molecule has 0 radical (unpaired) electrons. The predicted molar refractivity (Wildman–Crippen MR) is 89.3 cm³/mol. The lowest BCUT2D eigenvalue weighted by atomic mass is 10.2. The Kier molecular flexibility index (Phi) is 7.13. The van der Waals surface area contributed by atoms with Gasteiger partial charge in [0.2, 0.25) is 0 Å². The summed E-state index contributed by atoms with van der Waals surface area (Å²) in [4.78, 5) is 19.1. The molecule has 4 N–H and O–H groups in total. The lowest BCUT2D eigenvalue weighted by Gasteiger charge is -2.12.